The van der Waals surface area contributed by atoms with Crippen LogP contribution >= 0.6 is 11.3 Å². The standard InChI is InChI=1S/C48H44F3NS.C13H24O2.Ir/c1-46(2,3)41-28-37(27-36-8-6-7-9-38(36)41)43-45-39(24-25-52-43)42(44(53-45)35-22-18-33(19-23-35)29-47(4,5)48(49,50)51)40-26-32-15-14-30-10-12-31(13-11-30)16-20-34(40)21-17-32;1-5-10(6-2)12(14)9-13(15)11(7-3)8-4;/h6-13,17-19,21-26,28,43H,14-16,20,29H2,1-5H3;9-11,14H,5-8H2,1-4H3;/q-2;;/b;12-9-;. The number of thiophene rings is 1. The van der Waals surface area contributed by atoms with Crippen molar-refractivity contribution >= 4 is 34.0 Å². The third-order valence-electron chi connectivity index (χ3n) is 14.2. The topological polar surface area (TPSA) is 51.4 Å². The number of aryl methyl sites for hydroxylation is 4. The van der Waals surface area contributed by atoms with Gasteiger partial charge in [-0.3, -0.25) is 4.79 Å². The van der Waals surface area contributed by atoms with Crippen LogP contribution in [0.25, 0.3) is 43.7 Å². The number of carbonyl (C=O) groups is 1. The molecule has 1 atom stereocenters. The molecule has 0 fully saturated rings. The fraction of sp³-hybridized carbons (Fsp3) is 0.393. The van der Waals surface area contributed by atoms with Crippen LogP contribution in [0.4, 0.5) is 13.2 Å². The summed E-state index contributed by atoms with van der Waals surface area (Å²) in [5, 5.41) is 17.2. The third kappa shape index (κ3) is 12.2. The fourth-order valence-electron chi connectivity index (χ4n) is 9.65. The molecule has 8 heteroatoms. The van der Waals surface area contributed by atoms with Gasteiger partial charge in [-0.25, -0.2) is 0 Å². The zero-order valence-corrected chi connectivity index (χ0v) is 45.0. The first kappa shape index (κ1) is 53.6. The number of aliphatic hydroxyl groups excluding tert-OH is 1. The summed E-state index contributed by atoms with van der Waals surface area (Å²) in [6, 6.07) is 38.1. The summed E-state index contributed by atoms with van der Waals surface area (Å²) in [7, 11) is 0. The Bertz CT molecular complexity index is 2770. The number of halogens is 3. The minimum absolute atomic E-state index is 0. The summed E-state index contributed by atoms with van der Waals surface area (Å²) in [5.41, 5.74) is 10.9. The van der Waals surface area contributed by atoms with E-state index in [1.807, 2.05) is 58.2 Å². The van der Waals surface area contributed by atoms with Crippen LogP contribution in [0, 0.1) is 23.3 Å². The average molecular weight is 1130 g/mol. The Morgan fingerprint density at radius 1 is 0.783 bits per heavy atom. The molecule has 1 aliphatic heterocycles. The van der Waals surface area contributed by atoms with Gasteiger partial charge in [-0.05, 0) is 108 Å². The van der Waals surface area contributed by atoms with Gasteiger partial charge in [0.2, 0.25) is 0 Å². The number of hydrogen-bond donors (Lipinski definition) is 1. The second-order valence-electron chi connectivity index (χ2n) is 20.4. The first-order chi connectivity index (χ1) is 32.3. The van der Waals surface area contributed by atoms with Gasteiger partial charge in [0.1, 0.15) is 0 Å². The van der Waals surface area contributed by atoms with E-state index in [1.165, 1.54) is 74.7 Å². The zero-order valence-electron chi connectivity index (χ0n) is 41.7. The predicted octanol–water partition coefficient (Wildman–Crippen LogP) is 17.7. The molecule has 4 bridgehead atoms. The number of rotatable bonds is 12. The molecule has 0 saturated heterocycles. The maximum absolute atomic E-state index is 13.9. The van der Waals surface area contributed by atoms with Crippen LogP contribution in [0.5, 0.6) is 0 Å². The smallest absolute Gasteiger partial charge is 0.394 e. The van der Waals surface area contributed by atoms with Gasteiger partial charge in [-0.1, -0.05) is 153 Å². The number of ketones is 1. The number of carbonyl (C=O) groups excluding carboxylic acids is 1. The predicted molar refractivity (Wildman–Crippen MR) is 280 cm³/mol. The monoisotopic (exact) mass is 1130 g/mol. The maximum Gasteiger partial charge on any atom is 0.394 e. The van der Waals surface area contributed by atoms with Crippen LogP contribution in [-0.2, 0) is 62.4 Å². The Labute approximate surface area is 427 Å². The van der Waals surface area contributed by atoms with Crippen molar-refractivity contribution in [2.24, 2.45) is 17.3 Å². The molecule has 2 heterocycles. The van der Waals surface area contributed by atoms with E-state index in [0.717, 1.165) is 72.8 Å². The quantitative estimate of drug-likeness (QED) is 0.0754. The van der Waals surface area contributed by atoms with Gasteiger partial charge in [-0.2, -0.15) is 19.4 Å². The normalized spacial score (nSPS) is 15.0. The van der Waals surface area contributed by atoms with Crippen molar-refractivity contribution in [3.63, 3.8) is 0 Å². The molecule has 6 aromatic rings. The van der Waals surface area contributed by atoms with E-state index in [-0.39, 0.29) is 61.4 Å². The molecule has 0 amide bonds. The number of nitrogens with zero attached hydrogens (tertiary/aromatic N) is 1. The summed E-state index contributed by atoms with van der Waals surface area (Å²) < 4.78 is 41.6. The third-order valence-corrected chi connectivity index (χ3v) is 15.5. The summed E-state index contributed by atoms with van der Waals surface area (Å²) >= 11 is 1.76. The number of hydrogen-bond acceptors (Lipinski definition) is 3. The van der Waals surface area contributed by atoms with Gasteiger partial charge in [0, 0.05) is 53.3 Å². The van der Waals surface area contributed by atoms with Crippen LogP contribution in [0.3, 0.4) is 0 Å². The molecular weight excluding hydrogens is 1060 g/mol. The van der Waals surface area contributed by atoms with E-state index in [4.69, 9.17) is 5.32 Å². The molecule has 4 aliphatic carbocycles. The molecule has 5 aliphatic rings. The van der Waals surface area contributed by atoms with Crippen molar-refractivity contribution in [1.82, 2.24) is 0 Å². The van der Waals surface area contributed by atoms with E-state index < -0.39 is 11.6 Å². The summed E-state index contributed by atoms with van der Waals surface area (Å²) in [5.74, 6) is 0.547. The van der Waals surface area contributed by atoms with E-state index in [1.54, 1.807) is 11.3 Å². The average Bonchev–Trinajstić information content (AvgIpc) is 3.70. The molecule has 1 unspecified atom stereocenters. The Morgan fingerprint density at radius 2 is 1.38 bits per heavy atom. The zero-order chi connectivity index (χ0) is 49.0. The maximum atomic E-state index is 13.9. The Kier molecular flexibility index (Phi) is 17.5. The molecule has 1 aromatic heterocycles. The van der Waals surface area contributed by atoms with Gasteiger partial charge >= 0.3 is 6.18 Å². The fourth-order valence-corrected chi connectivity index (χ4v) is 11.0. The van der Waals surface area contributed by atoms with E-state index in [0.29, 0.717) is 5.56 Å². The van der Waals surface area contributed by atoms with Crippen molar-refractivity contribution in [2.45, 2.75) is 138 Å². The van der Waals surface area contributed by atoms with Crippen molar-refractivity contribution in [1.29, 1.82) is 0 Å². The van der Waals surface area contributed by atoms with Crippen LogP contribution < -0.4 is 0 Å². The number of benzene rings is 5. The molecule has 367 valence electrons. The number of aliphatic hydroxyl groups is 1. The minimum atomic E-state index is -4.28. The molecule has 3 nitrogen and oxygen atoms in total. The van der Waals surface area contributed by atoms with Crippen LogP contribution in [0.15, 0.2) is 115 Å². The van der Waals surface area contributed by atoms with Gasteiger partial charge in [-0.15, -0.1) is 57.5 Å². The van der Waals surface area contributed by atoms with Crippen LogP contribution in [0.1, 0.15) is 143 Å². The van der Waals surface area contributed by atoms with Crippen LogP contribution in [-0.4, -0.2) is 17.1 Å². The Balaban J connectivity index is 0.000000424. The molecule has 11 rings (SSSR count). The van der Waals surface area contributed by atoms with Crippen molar-refractivity contribution in [3.8, 4) is 21.6 Å². The van der Waals surface area contributed by atoms with E-state index in [9.17, 15) is 23.1 Å². The first-order valence-corrected chi connectivity index (χ1v) is 25.5. The molecule has 69 heavy (non-hydrogen) atoms. The van der Waals surface area contributed by atoms with Gasteiger partial charge in [0.15, 0.2) is 5.78 Å². The number of alkyl halides is 3. The summed E-state index contributed by atoms with van der Waals surface area (Å²) in [6.45, 7) is 17.4. The molecule has 0 saturated carbocycles. The van der Waals surface area contributed by atoms with Gasteiger partial charge < -0.3 is 10.4 Å². The van der Waals surface area contributed by atoms with Crippen molar-refractivity contribution in [2.75, 3.05) is 0 Å². The minimum Gasteiger partial charge on any atom is -0.681 e. The summed E-state index contributed by atoms with van der Waals surface area (Å²) in [6.07, 6.45) is 8.41. The van der Waals surface area contributed by atoms with E-state index >= 15 is 0 Å². The largest absolute Gasteiger partial charge is 0.681 e. The van der Waals surface area contributed by atoms with Gasteiger partial charge in [0.25, 0.3) is 0 Å². The van der Waals surface area contributed by atoms with E-state index in [2.05, 4.69) is 106 Å². The molecule has 5 aromatic carbocycles. The molecule has 1 N–H and O–H groups in total. The van der Waals surface area contributed by atoms with Crippen LogP contribution in [0.2, 0.25) is 0 Å². The van der Waals surface area contributed by atoms with Gasteiger partial charge in [0.05, 0.1) is 11.2 Å². The SMILES string of the molecule is CC(C)(C)c1cc(C2[N-]C=Cc3c2sc(-c2ccc(CC(C)(C)C(F)(F)F)cc2)c3-c2cc3ccc2CCc2ccc(cc2)CC3)[c-]c2ccccc12.CCC(CC)C(=O)/C=C(\O)C(CC)CC.[Ir]. The number of allylic oxidation sites excluding steroid dienone is 2. The molecular formula is C61H68F3IrNO2S-2. The second-order valence-corrected chi connectivity index (χ2v) is 21.5. The van der Waals surface area contributed by atoms with Crippen molar-refractivity contribution < 1.29 is 43.2 Å². The Hall–Kier alpha value is -4.75. The number of fused-ring (bicyclic) bond motifs is 2. The second kappa shape index (κ2) is 22.6. The molecule has 0 spiro atoms. The van der Waals surface area contributed by atoms with Crippen molar-refractivity contribution in [3.05, 3.63) is 176 Å². The summed E-state index contributed by atoms with van der Waals surface area (Å²) in [4.78, 5) is 14.0. The first-order valence-electron chi connectivity index (χ1n) is 24.6. The Morgan fingerprint density at radius 3 is 1.99 bits per heavy atom. The molecule has 1 radical (unpaired) electrons.